The van der Waals surface area contributed by atoms with E-state index in [1.165, 1.54) is 0 Å². The lowest BCUT2D eigenvalue weighted by Crippen LogP contribution is -2.71. The first-order valence-electron chi connectivity index (χ1n) is 5.42. The Hall–Kier alpha value is -0.310. The van der Waals surface area contributed by atoms with E-state index in [0.29, 0.717) is 6.92 Å². The van der Waals surface area contributed by atoms with Gasteiger partial charge in [-0.15, -0.1) is 0 Å². The summed E-state index contributed by atoms with van der Waals surface area (Å²) in [6, 6.07) is 0. The van der Waals surface area contributed by atoms with E-state index in [1.54, 1.807) is 0 Å². The second-order valence-corrected chi connectivity index (χ2v) is 6.27. The zero-order valence-corrected chi connectivity index (χ0v) is 11.6. The van der Waals surface area contributed by atoms with Gasteiger partial charge in [-0.2, -0.15) is 13.2 Å². The largest absolute Gasteiger partial charge is 0.474 e. The highest BCUT2D eigenvalue weighted by atomic mass is 31.2. The van der Waals surface area contributed by atoms with Crippen molar-refractivity contribution in [1.29, 1.82) is 0 Å². The Morgan fingerprint density at radius 1 is 1.20 bits per heavy atom. The molecule has 0 aromatic heterocycles. The molecule has 0 amide bonds. The number of phosphoric ester groups is 1. The molecule has 11 heteroatoms. The van der Waals surface area contributed by atoms with Crippen molar-refractivity contribution in [3.05, 3.63) is 0 Å². The lowest BCUT2D eigenvalue weighted by atomic mass is 9.75. The predicted octanol–water partition coefficient (Wildman–Crippen LogP) is 3.45. The van der Waals surface area contributed by atoms with Gasteiger partial charge >= 0.3 is 14.0 Å². The maximum absolute atomic E-state index is 14.1. The van der Waals surface area contributed by atoms with Crippen LogP contribution in [0.1, 0.15) is 20.8 Å². The lowest BCUT2D eigenvalue weighted by molar-refractivity contribution is -0.355. The highest BCUT2D eigenvalue weighted by molar-refractivity contribution is 7.47. The molecule has 1 aliphatic rings. The molecule has 0 saturated carbocycles. The van der Waals surface area contributed by atoms with Gasteiger partial charge in [-0.05, 0) is 6.92 Å². The van der Waals surface area contributed by atoms with Gasteiger partial charge in [-0.3, -0.25) is 9.05 Å². The topological polar surface area (TPSA) is 55.8 Å². The second kappa shape index (κ2) is 4.59. The Morgan fingerprint density at radius 3 is 1.95 bits per heavy atom. The molecule has 1 fully saturated rings. The normalized spacial score (nSPS) is 39.5. The molecule has 0 aromatic rings. The molecule has 0 aliphatic carbocycles. The Balaban J connectivity index is 3.68. The molecule has 120 valence electrons. The van der Waals surface area contributed by atoms with Crippen LogP contribution in [-0.2, 0) is 13.6 Å². The first-order chi connectivity index (χ1) is 8.67. The smallest absolute Gasteiger partial charge is 0.302 e. The van der Waals surface area contributed by atoms with E-state index >= 15 is 0 Å². The molecule has 1 heterocycles. The van der Waals surface area contributed by atoms with Gasteiger partial charge in [0.05, 0.1) is 0 Å². The summed E-state index contributed by atoms with van der Waals surface area (Å²) in [6.45, 7) is -0.266. The van der Waals surface area contributed by atoms with Crippen molar-refractivity contribution in [3.8, 4) is 0 Å². The molecule has 3 unspecified atom stereocenters. The average Bonchev–Trinajstić information content (AvgIpc) is 2.46. The highest BCUT2D eigenvalue weighted by Crippen LogP contribution is 2.70. The van der Waals surface area contributed by atoms with Crippen molar-refractivity contribution >= 4 is 7.82 Å². The van der Waals surface area contributed by atoms with E-state index in [0.717, 1.165) is 13.8 Å². The molecule has 0 aromatic carbocycles. The van der Waals surface area contributed by atoms with Crippen LogP contribution >= 0.6 is 7.82 Å². The molecule has 0 radical (unpaired) electrons. The second-order valence-electron chi connectivity index (χ2n) is 4.97. The SMILES string of the molecule is CC(C)C(F)(F)C1(C(F)(F)F)OP(=O)(O)OC1(C)CF. The summed E-state index contributed by atoms with van der Waals surface area (Å²) in [7, 11) is -5.48. The van der Waals surface area contributed by atoms with Crippen molar-refractivity contribution in [2.75, 3.05) is 6.67 Å². The Labute approximate surface area is 110 Å². The molecule has 1 N–H and O–H groups in total. The minimum absolute atomic E-state index is 0.326. The molecule has 1 saturated heterocycles. The molecular formula is C9H13F6O4P. The fourth-order valence-electron chi connectivity index (χ4n) is 2.09. The van der Waals surface area contributed by atoms with Crippen LogP contribution in [0.4, 0.5) is 26.3 Å². The third-order valence-corrected chi connectivity index (χ3v) is 4.30. The molecular weight excluding hydrogens is 317 g/mol. The maximum atomic E-state index is 14.1. The van der Waals surface area contributed by atoms with Crippen LogP contribution in [0, 0.1) is 5.92 Å². The van der Waals surface area contributed by atoms with Crippen LogP contribution in [0.25, 0.3) is 0 Å². The summed E-state index contributed by atoms with van der Waals surface area (Å²) in [5, 5.41) is 0. The fraction of sp³-hybridized carbons (Fsp3) is 1.00. The van der Waals surface area contributed by atoms with Crippen LogP contribution < -0.4 is 0 Å². The van der Waals surface area contributed by atoms with Gasteiger partial charge in [-0.1, -0.05) is 13.8 Å². The van der Waals surface area contributed by atoms with Crippen molar-refractivity contribution < 1.29 is 44.8 Å². The lowest BCUT2D eigenvalue weighted by Gasteiger charge is -2.45. The minimum atomic E-state index is -5.84. The molecule has 0 spiro atoms. The zero-order valence-electron chi connectivity index (χ0n) is 10.7. The average molecular weight is 330 g/mol. The van der Waals surface area contributed by atoms with E-state index < -0.39 is 43.7 Å². The van der Waals surface area contributed by atoms with E-state index in [1.807, 2.05) is 0 Å². The standard InChI is InChI=1S/C9H13F6O4P/c1-5(2)7(11,12)8(9(13,14)15)6(3,4-10)18-20(16,17)19-8/h5H,4H2,1-3H3,(H,16,17). The maximum Gasteiger partial charge on any atom is 0.474 e. The number of hydrogen-bond acceptors (Lipinski definition) is 3. The molecule has 4 nitrogen and oxygen atoms in total. The van der Waals surface area contributed by atoms with Gasteiger partial charge in [0.25, 0.3) is 11.5 Å². The van der Waals surface area contributed by atoms with Crippen LogP contribution in [0.2, 0.25) is 0 Å². The summed E-state index contributed by atoms with van der Waals surface area (Å²) in [5.41, 5.74) is -7.90. The monoisotopic (exact) mass is 330 g/mol. The molecule has 20 heavy (non-hydrogen) atoms. The van der Waals surface area contributed by atoms with E-state index in [-0.39, 0.29) is 0 Å². The van der Waals surface area contributed by atoms with Gasteiger partial charge in [0.2, 0.25) is 0 Å². The van der Waals surface area contributed by atoms with Gasteiger partial charge in [0.1, 0.15) is 6.67 Å². The van der Waals surface area contributed by atoms with Gasteiger partial charge < -0.3 is 4.89 Å². The highest BCUT2D eigenvalue weighted by Gasteiger charge is 2.85. The fourth-order valence-corrected chi connectivity index (χ4v) is 3.57. The number of alkyl halides is 6. The van der Waals surface area contributed by atoms with Crippen LogP contribution in [-0.4, -0.2) is 34.9 Å². The minimum Gasteiger partial charge on any atom is -0.302 e. The summed E-state index contributed by atoms with van der Waals surface area (Å²) < 4.78 is 99.7. The number of rotatable bonds is 3. The van der Waals surface area contributed by atoms with Gasteiger partial charge in [0, 0.05) is 5.92 Å². The first-order valence-corrected chi connectivity index (χ1v) is 6.91. The van der Waals surface area contributed by atoms with Crippen LogP contribution in [0.3, 0.4) is 0 Å². The molecule has 0 bridgehead atoms. The molecule has 1 aliphatic heterocycles. The summed E-state index contributed by atoms with van der Waals surface area (Å²) >= 11 is 0. The van der Waals surface area contributed by atoms with E-state index in [4.69, 9.17) is 4.89 Å². The van der Waals surface area contributed by atoms with Crippen molar-refractivity contribution in [2.24, 2.45) is 5.92 Å². The number of phosphoric acid groups is 1. The molecule has 3 atom stereocenters. The third-order valence-electron chi connectivity index (χ3n) is 3.16. The number of hydrogen-bond donors (Lipinski definition) is 1. The predicted molar refractivity (Wildman–Crippen MR) is 54.9 cm³/mol. The van der Waals surface area contributed by atoms with Crippen molar-refractivity contribution in [3.63, 3.8) is 0 Å². The Bertz CT molecular complexity index is 439. The first kappa shape index (κ1) is 17.7. The van der Waals surface area contributed by atoms with Gasteiger partial charge in [-0.25, -0.2) is 17.7 Å². The summed E-state index contributed by atoms with van der Waals surface area (Å²) in [5.74, 6) is -6.64. The zero-order chi connectivity index (χ0) is 16.2. The van der Waals surface area contributed by atoms with Crippen LogP contribution in [0.15, 0.2) is 0 Å². The van der Waals surface area contributed by atoms with E-state index in [2.05, 4.69) is 9.05 Å². The van der Waals surface area contributed by atoms with Crippen molar-refractivity contribution in [1.82, 2.24) is 0 Å². The third kappa shape index (κ3) is 2.17. The van der Waals surface area contributed by atoms with Crippen molar-refractivity contribution in [2.45, 2.75) is 44.1 Å². The molecule has 1 rings (SSSR count). The van der Waals surface area contributed by atoms with E-state index in [9.17, 15) is 30.9 Å². The summed E-state index contributed by atoms with van der Waals surface area (Å²) in [4.78, 5) is 9.02. The Morgan fingerprint density at radius 2 is 1.65 bits per heavy atom. The Kier molecular flexibility index (Phi) is 4.07. The van der Waals surface area contributed by atoms with Gasteiger partial charge in [0.15, 0.2) is 5.60 Å². The summed E-state index contributed by atoms with van der Waals surface area (Å²) in [6.07, 6.45) is -5.84. The number of halogens is 6. The quantitative estimate of drug-likeness (QED) is 0.636. The van der Waals surface area contributed by atoms with Crippen LogP contribution in [0.5, 0.6) is 0 Å².